The first-order valence-corrected chi connectivity index (χ1v) is 11.9. The molecule has 0 radical (unpaired) electrons. The predicted molar refractivity (Wildman–Crippen MR) is 134 cm³/mol. The third-order valence-corrected chi connectivity index (χ3v) is 6.82. The van der Waals surface area contributed by atoms with Crippen molar-refractivity contribution in [3.8, 4) is 5.75 Å². The molecule has 1 saturated heterocycles. The summed E-state index contributed by atoms with van der Waals surface area (Å²) in [7, 11) is 1.67. The molecule has 0 atom stereocenters. The Morgan fingerprint density at radius 1 is 0.971 bits per heavy atom. The molecule has 2 fully saturated rings. The summed E-state index contributed by atoms with van der Waals surface area (Å²) in [6.07, 6.45) is 1.76. The van der Waals surface area contributed by atoms with Crippen LogP contribution in [0.15, 0.2) is 54.6 Å². The maximum absolute atomic E-state index is 13.5. The highest BCUT2D eigenvalue weighted by molar-refractivity contribution is 5.92. The van der Waals surface area contributed by atoms with Gasteiger partial charge in [-0.2, -0.15) is 4.98 Å². The molecular weight excluding hydrogens is 426 g/mol. The lowest BCUT2D eigenvalue weighted by Crippen LogP contribution is -2.51. The van der Waals surface area contributed by atoms with Crippen LogP contribution in [0.3, 0.4) is 0 Å². The van der Waals surface area contributed by atoms with Gasteiger partial charge in [0.15, 0.2) is 0 Å². The third-order valence-electron chi connectivity index (χ3n) is 6.82. The van der Waals surface area contributed by atoms with Crippen LogP contribution in [0.1, 0.15) is 29.7 Å². The van der Waals surface area contributed by atoms with Crippen molar-refractivity contribution in [3.05, 3.63) is 71.4 Å². The van der Waals surface area contributed by atoms with Crippen LogP contribution in [-0.2, 0) is 10.2 Å². The van der Waals surface area contributed by atoms with E-state index < -0.39 is 5.41 Å². The number of benzene rings is 2. The molecule has 34 heavy (non-hydrogen) atoms. The zero-order valence-electron chi connectivity index (χ0n) is 20.0. The van der Waals surface area contributed by atoms with E-state index in [9.17, 15) is 4.79 Å². The van der Waals surface area contributed by atoms with Gasteiger partial charge < -0.3 is 19.9 Å². The second kappa shape index (κ2) is 8.97. The number of piperazine rings is 1. The number of carbonyl (C=O) groups is 1. The fraction of sp³-hybridized carbons (Fsp3) is 0.370. The van der Waals surface area contributed by atoms with Gasteiger partial charge in [0.1, 0.15) is 11.6 Å². The van der Waals surface area contributed by atoms with Gasteiger partial charge in [0.05, 0.1) is 12.5 Å². The molecule has 1 aromatic heterocycles. The molecule has 2 aliphatic rings. The van der Waals surface area contributed by atoms with Crippen molar-refractivity contribution < 1.29 is 9.53 Å². The van der Waals surface area contributed by atoms with Crippen molar-refractivity contribution in [2.24, 2.45) is 0 Å². The molecule has 1 amide bonds. The van der Waals surface area contributed by atoms with Crippen LogP contribution in [0.25, 0.3) is 0 Å². The maximum atomic E-state index is 13.5. The minimum Gasteiger partial charge on any atom is -0.496 e. The second-order valence-corrected chi connectivity index (χ2v) is 9.24. The lowest BCUT2D eigenvalue weighted by molar-refractivity contribution is -0.134. The van der Waals surface area contributed by atoms with Gasteiger partial charge in [-0.15, -0.1) is 0 Å². The molecule has 0 unspecified atom stereocenters. The highest BCUT2D eigenvalue weighted by atomic mass is 16.5. The fourth-order valence-corrected chi connectivity index (χ4v) is 4.74. The van der Waals surface area contributed by atoms with Gasteiger partial charge >= 0.3 is 0 Å². The molecular formula is C27H31N5O2. The predicted octanol–water partition coefficient (Wildman–Crippen LogP) is 4.23. The van der Waals surface area contributed by atoms with E-state index in [4.69, 9.17) is 9.72 Å². The van der Waals surface area contributed by atoms with Crippen LogP contribution in [0.4, 0.5) is 17.5 Å². The van der Waals surface area contributed by atoms with E-state index in [1.807, 2.05) is 54.3 Å². The van der Waals surface area contributed by atoms with Crippen molar-refractivity contribution in [3.63, 3.8) is 0 Å². The molecule has 2 aromatic carbocycles. The number of aryl methyl sites for hydroxylation is 2. The molecule has 1 aliphatic carbocycles. The molecule has 1 N–H and O–H groups in total. The molecule has 7 nitrogen and oxygen atoms in total. The fourth-order valence-electron chi connectivity index (χ4n) is 4.74. The normalized spacial score (nSPS) is 16.8. The maximum Gasteiger partial charge on any atom is 0.233 e. The molecule has 1 aliphatic heterocycles. The van der Waals surface area contributed by atoms with Crippen LogP contribution in [0.5, 0.6) is 5.75 Å². The van der Waals surface area contributed by atoms with Gasteiger partial charge in [0.25, 0.3) is 0 Å². The minimum atomic E-state index is -0.425. The lowest BCUT2D eigenvalue weighted by atomic mass is 9.93. The summed E-state index contributed by atoms with van der Waals surface area (Å²) in [5, 5.41) is 3.31. The molecule has 7 heteroatoms. The van der Waals surface area contributed by atoms with Crippen LogP contribution in [0.2, 0.25) is 0 Å². The van der Waals surface area contributed by atoms with Gasteiger partial charge in [-0.05, 0) is 44.9 Å². The van der Waals surface area contributed by atoms with Crippen molar-refractivity contribution in [2.75, 3.05) is 43.5 Å². The number of aromatic nitrogens is 2. The largest absolute Gasteiger partial charge is 0.496 e. The van der Waals surface area contributed by atoms with Crippen molar-refractivity contribution in [1.82, 2.24) is 14.9 Å². The Kier molecular flexibility index (Phi) is 5.86. The van der Waals surface area contributed by atoms with Crippen molar-refractivity contribution >= 4 is 23.4 Å². The molecule has 3 aromatic rings. The van der Waals surface area contributed by atoms with E-state index in [2.05, 4.69) is 34.3 Å². The van der Waals surface area contributed by atoms with E-state index in [-0.39, 0.29) is 5.91 Å². The number of anilines is 3. The zero-order chi connectivity index (χ0) is 23.7. The van der Waals surface area contributed by atoms with E-state index in [0.29, 0.717) is 19.0 Å². The molecule has 176 valence electrons. The first-order chi connectivity index (χ1) is 16.5. The van der Waals surface area contributed by atoms with Crippen LogP contribution >= 0.6 is 0 Å². The Balaban J connectivity index is 1.27. The number of amides is 1. The summed E-state index contributed by atoms with van der Waals surface area (Å²) in [4.78, 5) is 27.1. The summed E-state index contributed by atoms with van der Waals surface area (Å²) in [6.45, 7) is 6.90. The third kappa shape index (κ3) is 4.30. The standard InChI is InChI=1S/C27H31N5O2/c1-19-8-10-21(11-9-19)29-26-28-20(2)18-24(30-26)31-14-16-32(17-15-31)25(33)27(12-13-27)22-6-4-5-7-23(22)34-3/h4-11,18H,12-17H2,1-3H3,(H,28,29,30). The lowest BCUT2D eigenvalue weighted by Gasteiger charge is -2.37. The summed E-state index contributed by atoms with van der Waals surface area (Å²) < 4.78 is 5.56. The number of ether oxygens (including phenoxy) is 1. The number of para-hydroxylation sites is 1. The Hall–Kier alpha value is -3.61. The number of nitrogens with zero attached hydrogens (tertiary/aromatic N) is 4. The van der Waals surface area contributed by atoms with Gasteiger partial charge in [0.2, 0.25) is 11.9 Å². The number of rotatable bonds is 6. The minimum absolute atomic E-state index is 0.220. The Bertz CT molecular complexity index is 1180. The Morgan fingerprint density at radius 3 is 2.35 bits per heavy atom. The molecule has 5 rings (SSSR count). The van der Waals surface area contributed by atoms with Gasteiger partial charge in [0, 0.05) is 49.2 Å². The number of methoxy groups -OCH3 is 1. The smallest absolute Gasteiger partial charge is 0.233 e. The van der Waals surface area contributed by atoms with Crippen LogP contribution < -0.4 is 15.0 Å². The molecule has 0 bridgehead atoms. The summed E-state index contributed by atoms with van der Waals surface area (Å²) in [6, 6.07) is 18.1. The van der Waals surface area contributed by atoms with Gasteiger partial charge in [-0.1, -0.05) is 35.9 Å². The topological polar surface area (TPSA) is 70.6 Å². The van der Waals surface area contributed by atoms with E-state index >= 15 is 0 Å². The number of carbonyl (C=O) groups excluding carboxylic acids is 1. The Morgan fingerprint density at radius 2 is 1.68 bits per heavy atom. The summed E-state index contributed by atoms with van der Waals surface area (Å²) >= 11 is 0. The van der Waals surface area contributed by atoms with Crippen molar-refractivity contribution in [2.45, 2.75) is 32.1 Å². The summed E-state index contributed by atoms with van der Waals surface area (Å²) in [5.41, 5.74) is 3.67. The van der Waals surface area contributed by atoms with E-state index in [1.165, 1.54) is 5.56 Å². The highest BCUT2D eigenvalue weighted by Gasteiger charge is 2.54. The monoisotopic (exact) mass is 457 g/mol. The van der Waals surface area contributed by atoms with E-state index in [0.717, 1.165) is 54.4 Å². The molecule has 1 saturated carbocycles. The number of hydrogen-bond donors (Lipinski definition) is 1. The first-order valence-electron chi connectivity index (χ1n) is 11.9. The average molecular weight is 458 g/mol. The van der Waals surface area contributed by atoms with E-state index in [1.54, 1.807) is 7.11 Å². The quantitative estimate of drug-likeness (QED) is 0.598. The number of hydrogen-bond acceptors (Lipinski definition) is 6. The molecule has 0 spiro atoms. The van der Waals surface area contributed by atoms with Gasteiger partial charge in [-0.25, -0.2) is 4.98 Å². The van der Waals surface area contributed by atoms with Crippen LogP contribution in [-0.4, -0.2) is 54.1 Å². The highest BCUT2D eigenvalue weighted by Crippen LogP contribution is 2.52. The van der Waals surface area contributed by atoms with Crippen molar-refractivity contribution in [1.29, 1.82) is 0 Å². The first kappa shape index (κ1) is 22.2. The Labute approximate surface area is 200 Å². The number of nitrogens with one attached hydrogen (secondary N) is 1. The average Bonchev–Trinajstić information content (AvgIpc) is 3.67. The van der Waals surface area contributed by atoms with Gasteiger partial charge in [-0.3, -0.25) is 4.79 Å². The zero-order valence-corrected chi connectivity index (χ0v) is 20.0. The summed E-state index contributed by atoms with van der Waals surface area (Å²) in [5.74, 6) is 2.50. The molecule has 2 heterocycles. The second-order valence-electron chi connectivity index (χ2n) is 9.24. The van der Waals surface area contributed by atoms with Crippen LogP contribution in [0, 0.1) is 13.8 Å². The SMILES string of the molecule is COc1ccccc1C1(C(=O)N2CCN(c3cc(C)nc(Nc4ccc(C)cc4)n3)CC2)CC1.